The highest BCUT2D eigenvalue weighted by atomic mass is 32.2. The molecule has 3 saturated carbocycles. The van der Waals surface area contributed by atoms with E-state index in [1.165, 1.54) is 70.6 Å². The third-order valence-electron chi connectivity index (χ3n) is 5.40. The Morgan fingerprint density at radius 2 is 1.59 bits per heavy atom. The standard InChI is InChI=1S/C15H27NS/c16-12-15(17-13-6-2-3-7-13)10-14(11-15)8-4-1-5-9-14/h13H,1-12,16H2. The van der Waals surface area contributed by atoms with E-state index < -0.39 is 0 Å². The molecule has 0 radical (unpaired) electrons. The maximum absolute atomic E-state index is 6.12. The van der Waals surface area contributed by atoms with Crippen LogP contribution < -0.4 is 5.73 Å². The minimum atomic E-state index is 0.492. The van der Waals surface area contributed by atoms with Gasteiger partial charge in [-0.3, -0.25) is 0 Å². The van der Waals surface area contributed by atoms with E-state index in [0.717, 1.165) is 17.2 Å². The third kappa shape index (κ3) is 2.40. The van der Waals surface area contributed by atoms with Crippen LogP contribution in [-0.4, -0.2) is 16.5 Å². The molecule has 1 spiro atoms. The lowest BCUT2D eigenvalue weighted by atomic mass is 9.55. The molecule has 0 heterocycles. The smallest absolute Gasteiger partial charge is 0.0295 e. The molecule has 1 nitrogen and oxygen atoms in total. The zero-order chi connectivity index (χ0) is 11.8. The Labute approximate surface area is 110 Å². The van der Waals surface area contributed by atoms with Crippen LogP contribution in [-0.2, 0) is 0 Å². The van der Waals surface area contributed by atoms with Gasteiger partial charge in [0.05, 0.1) is 0 Å². The summed E-state index contributed by atoms with van der Waals surface area (Å²) in [6, 6.07) is 0. The molecule has 0 atom stereocenters. The largest absolute Gasteiger partial charge is 0.329 e. The molecule has 3 rings (SSSR count). The van der Waals surface area contributed by atoms with Gasteiger partial charge in [-0.2, -0.15) is 11.8 Å². The van der Waals surface area contributed by atoms with Crippen molar-refractivity contribution in [3.63, 3.8) is 0 Å². The molecule has 3 aliphatic carbocycles. The molecule has 2 heteroatoms. The van der Waals surface area contributed by atoms with Gasteiger partial charge in [0.25, 0.3) is 0 Å². The minimum Gasteiger partial charge on any atom is -0.329 e. The van der Waals surface area contributed by atoms with Gasteiger partial charge in [-0.15, -0.1) is 0 Å². The number of nitrogens with two attached hydrogens (primary N) is 1. The molecule has 0 aromatic rings. The molecule has 17 heavy (non-hydrogen) atoms. The fourth-order valence-electron chi connectivity index (χ4n) is 4.61. The van der Waals surface area contributed by atoms with Gasteiger partial charge >= 0.3 is 0 Å². The van der Waals surface area contributed by atoms with Crippen LogP contribution >= 0.6 is 11.8 Å². The molecule has 0 aromatic carbocycles. The molecular weight excluding hydrogens is 226 g/mol. The van der Waals surface area contributed by atoms with Crippen molar-refractivity contribution in [2.75, 3.05) is 6.54 Å². The van der Waals surface area contributed by atoms with Crippen LogP contribution in [0.15, 0.2) is 0 Å². The van der Waals surface area contributed by atoms with E-state index in [4.69, 9.17) is 5.73 Å². The SMILES string of the molecule is NCC1(SC2CCCC2)CC2(CCCCC2)C1. The van der Waals surface area contributed by atoms with Gasteiger partial charge < -0.3 is 5.73 Å². The Hall–Kier alpha value is 0.310. The lowest BCUT2D eigenvalue weighted by Gasteiger charge is -2.58. The number of rotatable bonds is 3. The Kier molecular flexibility index (Phi) is 3.47. The summed E-state index contributed by atoms with van der Waals surface area (Å²) < 4.78 is 0.492. The molecule has 98 valence electrons. The molecule has 2 N–H and O–H groups in total. The van der Waals surface area contributed by atoms with E-state index in [0.29, 0.717) is 4.75 Å². The van der Waals surface area contributed by atoms with E-state index >= 15 is 0 Å². The average Bonchev–Trinajstić information content (AvgIpc) is 2.81. The topological polar surface area (TPSA) is 26.0 Å². The monoisotopic (exact) mass is 253 g/mol. The third-order valence-corrected chi connectivity index (χ3v) is 7.16. The maximum atomic E-state index is 6.12. The number of hydrogen-bond donors (Lipinski definition) is 1. The van der Waals surface area contributed by atoms with Crippen LogP contribution in [0.25, 0.3) is 0 Å². The quantitative estimate of drug-likeness (QED) is 0.819. The predicted octanol–water partition coefficient (Wildman–Crippen LogP) is 4.10. The fourth-order valence-corrected chi connectivity index (χ4v) is 6.76. The van der Waals surface area contributed by atoms with Crippen LogP contribution in [0.1, 0.15) is 70.6 Å². The summed E-state index contributed by atoms with van der Waals surface area (Å²) in [7, 11) is 0. The van der Waals surface area contributed by atoms with Gasteiger partial charge in [-0.25, -0.2) is 0 Å². The van der Waals surface area contributed by atoms with Gasteiger partial charge in [-0.1, -0.05) is 32.1 Å². The van der Waals surface area contributed by atoms with Gasteiger partial charge in [-0.05, 0) is 43.9 Å². The summed E-state index contributed by atoms with van der Waals surface area (Å²) >= 11 is 2.28. The highest BCUT2D eigenvalue weighted by molar-refractivity contribution is 8.01. The molecule has 0 unspecified atom stereocenters. The first kappa shape index (κ1) is 12.3. The van der Waals surface area contributed by atoms with Crippen molar-refractivity contribution in [2.45, 2.75) is 80.6 Å². The second-order valence-corrected chi connectivity index (χ2v) is 8.59. The zero-order valence-electron chi connectivity index (χ0n) is 11.0. The lowest BCUT2D eigenvalue weighted by Crippen LogP contribution is -2.55. The highest BCUT2D eigenvalue weighted by Gasteiger charge is 2.54. The minimum absolute atomic E-state index is 0.492. The van der Waals surface area contributed by atoms with Crippen molar-refractivity contribution < 1.29 is 0 Å². The summed E-state index contributed by atoms with van der Waals surface area (Å²) in [5.74, 6) is 0. The number of thioether (sulfide) groups is 1. The summed E-state index contributed by atoms with van der Waals surface area (Å²) in [6.07, 6.45) is 16.2. The van der Waals surface area contributed by atoms with E-state index in [9.17, 15) is 0 Å². The van der Waals surface area contributed by atoms with E-state index in [1.807, 2.05) is 0 Å². The molecular formula is C15H27NS. The zero-order valence-corrected chi connectivity index (χ0v) is 11.9. The summed E-state index contributed by atoms with van der Waals surface area (Å²) in [5, 5.41) is 0.944. The van der Waals surface area contributed by atoms with Crippen molar-refractivity contribution in [3.8, 4) is 0 Å². The first-order valence-electron chi connectivity index (χ1n) is 7.64. The summed E-state index contributed by atoms with van der Waals surface area (Å²) in [5.41, 5.74) is 6.86. The second kappa shape index (κ2) is 4.77. The van der Waals surface area contributed by atoms with Gasteiger partial charge in [0.2, 0.25) is 0 Å². The van der Waals surface area contributed by atoms with Crippen molar-refractivity contribution in [3.05, 3.63) is 0 Å². The summed E-state index contributed by atoms with van der Waals surface area (Å²) in [6.45, 7) is 0.927. The van der Waals surface area contributed by atoms with Gasteiger partial charge in [0.15, 0.2) is 0 Å². The molecule has 0 aromatic heterocycles. The first-order valence-corrected chi connectivity index (χ1v) is 8.52. The summed E-state index contributed by atoms with van der Waals surface area (Å²) in [4.78, 5) is 0. The van der Waals surface area contributed by atoms with Crippen LogP contribution in [0, 0.1) is 5.41 Å². The maximum Gasteiger partial charge on any atom is 0.0295 e. The Bertz CT molecular complexity index is 256. The molecule has 0 saturated heterocycles. The van der Waals surface area contributed by atoms with Crippen molar-refractivity contribution in [2.24, 2.45) is 11.1 Å². The Morgan fingerprint density at radius 1 is 0.941 bits per heavy atom. The van der Waals surface area contributed by atoms with Gasteiger partial charge in [0, 0.05) is 16.5 Å². The van der Waals surface area contributed by atoms with Crippen LogP contribution in [0.2, 0.25) is 0 Å². The van der Waals surface area contributed by atoms with Crippen LogP contribution in [0.5, 0.6) is 0 Å². The molecule has 3 fully saturated rings. The van der Waals surface area contributed by atoms with Crippen molar-refractivity contribution in [1.29, 1.82) is 0 Å². The van der Waals surface area contributed by atoms with Gasteiger partial charge in [0.1, 0.15) is 0 Å². The van der Waals surface area contributed by atoms with Crippen molar-refractivity contribution >= 4 is 11.8 Å². The van der Waals surface area contributed by atoms with Crippen molar-refractivity contribution in [1.82, 2.24) is 0 Å². The van der Waals surface area contributed by atoms with E-state index in [-0.39, 0.29) is 0 Å². The lowest BCUT2D eigenvalue weighted by molar-refractivity contribution is 0.0399. The molecule has 3 aliphatic rings. The first-order chi connectivity index (χ1) is 8.26. The molecule has 0 aliphatic heterocycles. The second-order valence-electron chi connectivity index (χ2n) is 6.83. The normalized spacial score (nSPS) is 31.6. The highest BCUT2D eigenvalue weighted by Crippen LogP contribution is 2.62. The van der Waals surface area contributed by atoms with E-state index in [1.54, 1.807) is 0 Å². The van der Waals surface area contributed by atoms with E-state index in [2.05, 4.69) is 11.8 Å². The Balaban J connectivity index is 1.58. The number of hydrogen-bond acceptors (Lipinski definition) is 2. The predicted molar refractivity (Wildman–Crippen MR) is 76.4 cm³/mol. The molecule has 0 amide bonds. The average molecular weight is 253 g/mol. The van der Waals surface area contributed by atoms with Crippen LogP contribution in [0.4, 0.5) is 0 Å². The molecule has 0 bridgehead atoms. The fraction of sp³-hybridized carbons (Fsp3) is 1.00. The van der Waals surface area contributed by atoms with Crippen LogP contribution in [0.3, 0.4) is 0 Å². The Morgan fingerprint density at radius 3 is 2.18 bits per heavy atom.